The van der Waals surface area contributed by atoms with Crippen molar-refractivity contribution in [2.24, 2.45) is 23.2 Å². The largest absolute Gasteiger partial charge is 0.464 e. The number of methoxy groups -OCH3 is 1. The SMILES string of the molecule is CCn1c(-c2cccnc2[C@H](C)OC)c2c3cc(ccc31)-c1cccc(c1)C[C@H](NC(=O)[C@H](C(C)C)N(C)C(=O)[C@H]1CCN(C(=O)C#CC3CCC3)C1)C(=O)N1CCC[C@H](N1)C(=O)OCC(C)(C)C2. The van der Waals surface area contributed by atoms with Crippen molar-refractivity contribution in [2.75, 3.05) is 40.4 Å². The van der Waals surface area contributed by atoms with Gasteiger partial charge in [0.2, 0.25) is 11.8 Å². The molecule has 5 atom stereocenters. The number of hydrogen-bond acceptors (Lipinski definition) is 9. The molecule has 2 saturated heterocycles. The maximum atomic E-state index is 14.8. The number of pyridine rings is 1. The smallest absolute Gasteiger partial charge is 0.324 e. The van der Waals surface area contributed by atoms with Crippen molar-refractivity contribution >= 4 is 40.5 Å². The number of nitrogens with one attached hydrogen (secondary N) is 2. The van der Waals surface area contributed by atoms with Crippen molar-refractivity contribution in [1.82, 2.24) is 35.1 Å². The number of carbonyl (C=O) groups is 5. The highest BCUT2D eigenvalue weighted by molar-refractivity contribution is 5.97. The van der Waals surface area contributed by atoms with E-state index in [0.29, 0.717) is 45.3 Å². The number of cyclic esters (lactones) is 1. The maximum absolute atomic E-state index is 14.8. The van der Waals surface area contributed by atoms with Gasteiger partial charge in [0.15, 0.2) is 0 Å². The van der Waals surface area contributed by atoms with Crippen LogP contribution in [0, 0.1) is 35.0 Å². The van der Waals surface area contributed by atoms with Crippen LogP contribution < -0.4 is 10.7 Å². The minimum absolute atomic E-state index is 0.136. The van der Waals surface area contributed by atoms with Gasteiger partial charge in [0.1, 0.15) is 18.1 Å². The Balaban J connectivity index is 1.13. The van der Waals surface area contributed by atoms with Crippen molar-refractivity contribution in [3.05, 3.63) is 77.6 Å². The second kappa shape index (κ2) is 20.9. The lowest BCUT2D eigenvalue weighted by molar-refractivity contribution is -0.155. The lowest BCUT2D eigenvalue weighted by atomic mass is 9.84. The van der Waals surface area contributed by atoms with E-state index >= 15 is 0 Å². The minimum atomic E-state index is -1.05. The number of aromatic nitrogens is 2. The molecule has 1 aliphatic carbocycles. The summed E-state index contributed by atoms with van der Waals surface area (Å²) < 4.78 is 14.3. The van der Waals surface area contributed by atoms with Gasteiger partial charge in [-0.15, -0.1) is 0 Å². The highest BCUT2D eigenvalue weighted by atomic mass is 16.5. The van der Waals surface area contributed by atoms with E-state index in [1.165, 1.54) is 9.91 Å². The monoisotopic (exact) mass is 940 g/mol. The molecule has 14 nitrogen and oxygen atoms in total. The van der Waals surface area contributed by atoms with Gasteiger partial charge in [-0.05, 0) is 111 Å². The highest BCUT2D eigenvalue weighted by Crippen LogP contribution is 2.42. The van der Waals surface area contributed by atoms with E-state index in [9.17, 15) is 24.0 Å². The Bertz CT molecular complexity index is 2660. The van der Waals surface area contributed by atoms with Crippen molar-refractivity contribution in [3.8, 4) is 34.2 Å². The Kier molecular flexibility index (Phi) is 15.0. The summed E-state index contributed by atoms with van der Waals surface area (Å²) in [6, 6.07) is 15.9. The molecule has 4 aliphatic rings. The molecule has 4 amide bonds. The molecule has 3 fully saturated rings. The predicted octanol–water partition coefficient (Wildman–Crippen LogP) is 6.88. The summed E-state index contributed by atoms with van der Waals surface area (Å²) in [5.41, 5.74) is 10.5. The summed E-state index contributed by atoms with van der Waals surface area (Å²) in [6.45, 7) is 13.9. The summed E-state index contributed by atoms with van der Waals surface area (Å²) in [5.74, 6) is 3.55. The molecule has 0 unspecified atom stereocenters. The van der Waals surface area contributed by atoms with Gasteiger partial charge in [0.05, 0.1) is 30.0 Å². The Morgan fingerprint density at radius 2 is 1.78 bits per heavy atom. The Morgan fingerprint density at radius 1 is 1.00 bits per heavy atom. The van der Waals surface area contributed by atoms with Crippen LogP contribution in [0.5, 0.6) is 0 Å². The molecular weight excluding hydrogens is 871 g/mol. The van der Waals surface area contributed by atoms with Crippen LogP contribution in [0.4, 0.5) is 0 Å². The van der Waals surface area contributed by atoms with E-state index in [1.807, 2.05) is 39.0 Å². The second-order valence-electron chi connectivity index (χ2n) is 20.6. The quantitative estimate of drug-likeness (QED) is 0.135. The van der Waals surface area contributed by atoms with Crippen LogP contribution in [-0.2, 0) is 52.8 Å². The Morgan fingerprint density at radius 3 is 2.51 bits per heavy atom. The molecule has 4 aromatic rings. The van der Waals surface area contributed by atoms with Gasteiger partial charge in [0.25, 0.3) is 11.8 Å². The number of aryl methyl sites for hydroxylation is 1. The first-order valence-electron chi connectivity index (χ1n) is 24.9. The number of carbonyl (C=O) groups excluding carboxylic acids is 5. The Hall–Kier alpha value is -6.04. The normalized spacial score (nSPS) is 21.7. The molecule has 69 heavy (non-hydrogen) atoms. The second-order valence-corrected chi connectivity index (χ2v) is 20.6. The van der Waals surface area contributed by atoms with E-state index < -0.39 is 47.2 Å². The van der Waals surface area contributed by atoms with Gasteiger partial charge in [-0.2, -0.15) is 0 Å². The molecule has 6 bridgehead atoms. The molecule has 8 rings (SSSR count). The molecule has 0 radical (unpaired) electrons. The van der Waals surface area contributed by atoms with E-state index in [0.717, 1.165) is 69.4 Å². The summed E-state index contributed by atoms with van der Waals surface area (Å²) >= 11 is 0. The van der Waals surface area contributed by atoms with Crippen LogP contribution in [0.15, 0.2) is 60.8 Å². The average Bonchev–Trinajstić information content (AvgIpc) is 3.94. The first-order valence-corrected chi connectivity index (χ1v) is 24.9. The topological polar surface area (TPSA) is 155 Å². The zero-order valence-corrected chi connectivity index (χ0v) is 41.6. The maximum Gasteiger partial charge on any atom is 0.324 e. The standard InChI is InChI=1S/C55H69N7O7/c1-9-61-46-22-21-39-30-42(46)43(50(61)41-18-12-25-56-48(41)35(4)68-8)31-55(5,6)33-69-54(67)44-19-13-26-62(58-44)53(66)45(29-37-16-11-17-38(39)28-37)57-51(64)49(34(2)3)59(7)52(65)40-24-27-60(32-40)47(63)23-20-36-14-10-15-36/h11-12,16-18,21-22,25,28,30,34-36,40,44-45,49,58H,9-10,13-15,19,24,26-27,29,31-33H2,1-8H3,(H,57,64)/t35-,40-,44-,45-,49-/m0/s1. The number of rotatable bonds is 9. The number of esters is 1. The third-order valence-electron chi connectivity index (χ3n) is 14.6. The van der Waals surface area contributed by atoms with Gasteiger partial charge < -0.3 is 29.2 Å². The van der Waals surface area contributed by atoms with Crippen LogP contribution in [0.3, 0.4) is 0 Å². The number of hydrazine groups is 1. The third kappa shape index (κ3) is 10.6. The van der Waals surface area contributed by atoms with Crippen molar-refractivity contribution < 1.29 is 33.4 Å². The molecule has 0 spiro atoms. The van der Waals surface area contributed by atoms with Crippen molar-refractivity contribution in [3.63, 3.8) is 0 Å². The predicted molar refractivity (Wildman–Crippen MR) is 265 cm³/mol. The van der Waals surface area contributed by atoms with Gasteiger partial charge in [-0.1, -0.05) is 70.4 Å². The number of amides is 4. The number of benzene rings is 2. The van der Waals surface area contributed by atoms with E-state index in [4.69, 9.17) is 14.5 Å². The van der Waals surface area contributed by atoms with Crippen molar-refractivity contribution in [1.29, 1.82) is 0 Å². The van der Waals surface area contributed by atoms with Gasteiger partial charge in [-0.3, -0.25) is 34.0 Å². The first kappa shape index (κ1) is 49.4. The van der Waals surface area contributed by atoms with Gasteiger partial charge in [0, 0.05) is 80.8 Å². The average molecular weight is 940 g/mol. The number of hydrogen-bond donors (Lipinski definition) is 2. The fourth-order valence-electron chi connectivity index (χ4n) is 10.5. The molecule has 5 heterocycles. The number of ether oxygens (including phenoxy) is 2. The fourth-order valence-corrected chi connectivity index (χ4v) is 10.5. The van der Waals surface area contributed by atoms with Crippen molar-refractivity contribution in [2.45, 2.75) is 124 Å². The van der Waals surface area contributed by atoms with Crippen LogP contribution in [-0.4, -0.2) is 112 Å². The number of fused-ring (bicyclic) bond motifs is 6. The van der Waals surface area contributed by atoms with Crippen LogP contribution in [0.25, 0.3) is 33.3 Å². The highest BCUT2D eigenvalue weighted by Gasteiger charge is 2.40. The number of likely N-dealkylation sites (N-methyl/N-ethyl adjacent to an activating group) is 1. The minimum Gasteiger partial charge on any atom is -0.464 e. The molecule has 366 valence electrons. The molecule has 3 aliphatic heterocycles. The fraction of sp³-hybridized carbons (Fsp3) is 0.527. The van der Waals surface area contributed by atoms with Crippen LogP contribution in [0.1, 0.15) is 103 Å². The van der Waals surface area contributed by atoms with Gasteiger partial charge in [-0.25, -0.2) is 5.43 Å². The lowest BCUT2D eigenvalue weighted by Crippen LogP contribution is -2.62. The van der Waals surface area contributed by atoms with Crippen LogP contribution >= 0.6 is 0 Å². The molecular formula is C55H69N7O7. The molecule has 2 aromatic heterocycles. The zero-order chi connectivity index (χ0) is 49.1. The molecule has 1 saturated carbocycles. The summed E-state index contributed by atoms with van der Waals surface area (Å²) in [5, 5.41) is 5.61. The van der Waals surface area contributed by atoms with E-state index in [-0.39, 0.29) is 49.3 Å². The summed E-state index contributed by atoms with van der Waals surface area (Å²) in [4.78, 5) is 78.3. The van der Waals surface area contributed by atoms with Gasteiger partial charge >= 0.3 is 5.97 Å². The molecule has 14 heteroatoms. The van der Waals surface area contributed by atoms with E-state index in [2.05, 4.69) is 84.3 Å². The van der Waals surface area contributed by atoms with Crippen LogP contribution in [0.2, 0.25) is 0 Å². The van der Waals surface area contributed by atoms with E-state index in [1.54, 1.807) is 25.3 Å². The number of nitrogens with zero attached hydrogens (tertiary/aromatic N) is 5. The number of likely N-dealkylation sites (tertiary alicyclic amines) is 1. The summed E-state index contributed by atoms with van der Waals surface area (Å²) in [6.07, 6.45) is 6.95. The molecule has 2 aromatic carbocycles. The third-order valence-corrected chi connectivity index (χ3v) is 14.6. The summed E-state index contributed by atoms with van der Waals surface area (Å²) in [7, 11) is 3.32. The Labute approximate surface area is 406 Å². The zero-order valence-electron chi connectivity index (χ0n) is 41.6. The lowest BCUT2D eigenvalue weighted by Gasteiger charge is -2.37. The first-order chi connectivity index (χ1) is 33.1. The molecule has 2 N–H and O–H groups in total.